The quantitative estimate of drug-likeness (QED) is 0.902. The minimum Gasteiger partial charge on any atom is -0.329 e. The molecule has 0 amide bonds. The van der Waals surface area contributed by atoms with E-state index in [-0.39, 0.29) is 5.54 Å². The van der Waals surface area contributed by atoms with E-state index in [4.69, 9.17) is 5.73 Å². The van der Waals surface area contributed by atoms with Crippen LogP contribution in [0.3, 0.4) is 0 Å². The van der Waals surface area contributed by atoms with Gasteiger partial charge in [0.25, 0.3) is 0 Å². The molecular weight excluding hydrogens is 232 g/mol. The molecular formula is C17H28N2. The van der Waals surface area contributed by atoms with E-state index >= 15 is 0 Å². The van der Waals surface area contributed by atoms with Gasteiger partial charge in [-0.05, 0) is 43.2 Å². The summed E-state index contributed by atoms with van der Waals surface area (Å²) in [6.45, 7) is 9.94. The van der Waals surface area contributed by atoms with Crippen molar-refractivity contribution >= 4 is 0 Å². The van der Waals surface area contributed by atoms with E-state index in [0.717, 1.165) is 32.5 Å². The molecule has 0 saturated heterocycles. The highest BCUT2D eigenvalue weighted by Crippen LogP contribution is 2.26. The summed E-state index contributed by atoms with van der Waals surface area (Å²) in [5.41, 5.74) is 9.29. The highest BCUT2D eigenvalue weighted by atomic mass is 15.2. The lowest BCUT2D eigenvalue weighted by Gasteiger charge is -2.41. The van der Waals surface area contributed by atoms with Crippen molar-refractivity contribution in [3.05, 3.63) is 35.4 Å². The Balaban J connectivity index is 2.12. The van der Waals surface area contributed by atoms with Crippen LogP contribution in [0.2, 0.25) is 0 Å². The van der Waals surface area contributed by atoms with E-state index in [9.17, 15) is 0 Å². The minimum atomic E-state index is 0.149. The van der Waals surface area contributed by atoms with E-state index < -0.39 is 0 Å². The highest BCUT2D eigenvalue weighted by Gasteiger charge is 2.31. The Morgan fingerprint density at radius 3 is 2.11 bits per heavy atom. The van der Waals surface area contributed by atoms with Crippen molar-refractivity contribution in [2.45, 2.75) is 45.6 Å². The molecule has 0 fully saturated rings. The summed E-state index contributed by atoms with van der Waals surface area (Å²) in [4.78, 5) is 2.62. The van der Waals surface area contributed by atoms with Gasteiger partial charge < -0.3 is 5.73 Å². The summed E-state index contributed by atoms with van der Waals surface area (Å²) >= 11 is 0. The largest absolute Gasteiger partial charge is 0.329 e. The van der Waals surface area contributed by atoms with Gasteiger partial charge in [0.15, 0.2) is 0 Å². The fraction of sp³-hybridized carbons (Fsp3) is 0.647. The highest BCUT2D eigenvalue weighted by molar-refractivity contribution is 5.28. The lowest BCUT2D eigenvalue weighted by atomic mass is 9.88. The van der Waals surface area contributed by atoms with Gasteiger partial charge in [0.2, 0.25) is 0 Å². The SMILES string of the molecule is CC(C)CC(C)(CN)N1CCc2ccccc2CC1. The fourth-order valence-electron chi connectivity index (χ4n) is 3.43. The second-order valence-electron chi connectivity index (χ2n) is 6.55. The Morgan fingerprint density at radius 2 is 1.68 bits per heavy atom. The lowest BCUT2D eigenvalue weighted by molar-refractivity contribution is 0.0938. The summed E-state index contributed by atoms with van der Waals surface area (Å²) in [7, 11) is 0. The zero-order chi connectivity index (χ0) is 13.9. The third-order valence-corrected chi connectivity index (χ3v) is 4.47. The smallest absolute Gasteiger partial charge is 0.0306 e. The van der Waals surface area contributed by atoms with Crippen LogP contribution in [-0.4, -0.2) is 30.1 Å². The van der Waals surface area contributed by atoms with Crippen LogP contribution < -0.4 is 5.73 Å². The average Bonchev–Trinajstić information content (AvgIpc) is 2.60. The lowest BCUT2D eigenvalue weighted by Crippen LogP contribution is -2.53. The summed E-state index contributed by atoms with van der Waals surface area (Å²) in [5, 5.41) is 0. The molecule has 0 radical (unpaired) electrons. The monoisotopic (exact) mass is 260 g/mol. The van der Waals surface area contributed by atoms with E-state index in [1.807, 2.05) is 0 Å². The molecule has 2 heteroatoms. The van der Waals surface area contributed by atoms with Gasteiger partial charge in [-0.2, -0.15) is 0 Å². The molecule has 0 spiro atoms. The molecule has 0 saturated carbocycles. The number of hydrogen-bond donors (Lipinski definition) is 1. The van der Waals surface area contributed by atoms with Gasteiger partial charge in [0.1, 0.15) is 0 Å². The van der Waals surface area contributed by atoms with Gasteiger partial charge in [-0.15, -0.1) is 0 Å². The number of nitrogens with two attached hydrogens (primary N) is 1. The molecule has 1 aromatic rings. The van der Waals surface area contributed by atoms with Crippen molar-refractivity contribution in [1.29, 1.82) is 0 Å². The second-order valence-corrected chi connectivity index (χ2v) is 6.55. The van der Waals surface area contributed by atoms with Crippen molar-refractivity contribution in [2.75, 3.05) is 19.6 Å². The standard InChI is InChI=1S/C17H28N2/c1-14(2)12-17(3,13-18)19-10-8-15-6-4-5-7-16(15)9-11-19/h4-7,14H,8-13,18H2,1-3H3. The molecule has 1 aliphatic heterocycles. The van der Waals surface area contributed by atoms with Crippen molar-refractivity contribution in [2.24, 2.45) is 11.7 Å². The third-order valence-electron chi connectivity index (χ3n) is 4.47. The van der Waals surface area contributed by atoms with Gasteiger partial charge in [0.05, 0.1) is 0 Å². The zero-order valence-electron chi connectivity index (χ0n) is 12.7. The molecule has 0 aliphatic carbocycles. The molecule has 1 atom stereocenters. The van der Waals surface area contributed by atoms with Crippen LogP contribution in [-0.2, 0) is 12.8 Å². The Labute approximate surface area is 118 Å². The van der Waals surface area contributed by atoms with E-state index in [1.165, 1.54) is 17.5 Å². The zero-order valence-corrected chi connectivity index (χ0v) is 12.7. The van der Waals surface area contributed by atoms with E-state index in [0.29, 0.717) is 5.92 Å². The van der Waals surface area contributed by atoms with Crippen molar-refractivity contribution in [3.63, 3.8) is 0 Å². The van der Waals surface area contributed by atoms with Gasteiger partial charge >= 0.3 is 0 Å². The molecule has 0 bridgehead atoms. The fourth-order valence-corrected chi connectivity index (χ4v) is 3.43. The van der Waals surface area contributed by atoms with Gasteiger partial charge in [-0.3, -0.25) is 4.90 Å². The minimum absolute atomic E-state index is 0.149. The van der Waals surface area contributed by atoms with Crippen molar-refractivity contribution in [3.8, 4) is 0 Å². The Bertz CT molecular complexity index is 386. The Kier molecular flexibility index (Phi) is 4.64. The molecule has 1 aromatic carbocycles. The first-order chi connectivity index (χ1) is 9.05. The maximum absolute atomic E-state index is 6.10. The molecule has 1 unspecified atom stereocenters. The van der Waals surface area contributed by atoms with Gasteiger partial charge in [0, 0.05) is 25.2 Å². The molecule has 1 heterocycles. The first-order valence-electron chi connectivity index (χ1n) is 7.57. The first-order valence-corrected chi connectivity index (χ1v) is 7.57. The summed E-state index contributed by atoms with van der Waals surface area (Å²) in [6, 6.07) is 8.87. The van der Waals surface area contributed by atoms with Crippen LogP contribution >= 0.6 is 0 Å². The number of hydrogen-bond acceptors (Lipinski definition) is 2. The van der Waals surface area contributed by atoms with Crippen LogP contribution in [0, 0.1) is 5.92 Å². The van der Waals surface area contributed by atoms with E-state index in [2.05, 4.69) is 49.9 Å². The Morgan fingerprint density at radius 1 is 1.16 bits per heavy atom. The van der Waals surface area contributed by atoms with E-state index in [1.54, 1.807) is 0 Å². The normalized spacial score (nSPS) is 19.8. The van der Waals surface area contributed by atoms with Crippen LogP contribution in [0.1, 0.15) is 38.3 Å². The average molecular weight is 260 g/mol. The Hall–Kier alpha value is -0.860. The number of nitrogens with zero attached hydrogens (tertiary/aromatic N) is 1. The van der Waals surface area contributed by atoms with Gasteiger partial charge in [-0.1, -0.05) is 38.1 Å². The van der Waals surface area contributed by atoms with Gasteiger partial charge in [-0.25, -0.2) is 0 Å². The predicted molar refractivity (Wildman–Crippen MR) is 82.3 cm³/mol. The number of rotatable bonds is 4. The first kappa shape index (κ1) is 14.5. The van der Waals surface area contributed by atoms with Crippen LogP contribution in [0.5, 0.6) is 0 Å². The maximum Gasteiger partial charge on any atom is 0.0306 e. The summed E-state index contributed by atoms with van der Waals surface area (Å²) in [6.07, 6.45) is 3.49. The number of benzene rings is 1. The second kappa shape index (κ2) is 6.06. The number of fused-ring (bicyclic) bond motifs is 1. The molecule has 19 heavy (non-hydrogen) atoms. The van der Waals surface area contributed by atoms with Crippen LogP contribution in [0.15, 0.2) is 24.3 Å². The molecule has 106 valence electrons. The van der Waals surface area contributed by atoms with Crippen LogP contribution in [0.25, 0.3) is 0 Å². The molecule has 2 N–H and O–H groups in total. The maximum atomic E-state index is 6.10. The summed E-state index contributed by atoms with van der Waals surface area (Å²) < 4.78 is 0. The molecule has 2 rings (SSSR count). The predicted octanol–water partition coefficient (Wildman–Crippen LogP) is 2.85. The summed E-state index contributed by atoms with van der Waals surface area (Å²) in [5.74, 6) is 0.694. The topological polar surface area (TPSA) is 29.3 Å². The third kappa shape index (κ3) is 3.37. The molecule has 1 aliphatic rings. The molecule has 0 aromatic heterocycles. The van der Waals surface area contributed by atoms with Crippen molar-refractivity contribution in [1.82, 2.24) is 4.90 Å². The van der Waals surface area contributed by atoms with Crippen LogP contribution in [0.4, 0.5) is 0 Å². The van der Waals surface area contributed by atoms with Crippen molar-refractivity contribution < 1.29 is 0 Å². The molecule has 2 nitrogen and oxygen atoms in total.